The van der Waals surface area contributed by atoms with Crippen molar-refractivity contribution < 1.29 is 9.66 Å². The number of nitrogens with zero attached hydrogens (tertiary/aromatic N) is 3. The number of pyridine rings is 1. The number of nitriles is 1. The van der Waals surface area contributed by atoms with Gasteiger partial charge in [0, 0.05) is 26.3 Å². The van der Waals surface area contributed by atoms with Crippen molar-refractivity contribution in [1.82, 2.24) is 4.98 Å². The zero-order valence-corrected chi connectivity index (χ0v) is 11.8. The number of anilines is 1. The maximum Gasteiger partial charge on any atom is 0.289 e. The average molecular weight is 278 g/mol. The topological polar surface area (TPSA) is 101 Å². The van der Waals surface area contributed by atoms with E-state index in [0.29, 0.717) is 19.0 Å². The number of aromatic nitrogens is 1. The molecule has 7 nitrogen and oxygen atoms in total. The molecule has 0 spiro atoms. The van der Waals surface area contributed by atoms with E-state index in [-0.39, 0.29) is 16.7 Å². The van der Waals surface area contributed by atoms with Gasteiger partial charge in [-0.3, -0.25) is 10.1 Å². The quantitative estimate of drug-likeness (QED) is 0.606. The van der Waals surface area contributed by atoms with Crippen molar-refractivity contribution in [2.45, 2.75) is 20.3 Å². The molecule has 1 aromatic rings. The molecule has 0 fully saturated rings. The van der Waals surface area contributed by atoms with Crippen LogP contribution in [0.5, 0.6) is 0 Å². The van der Waals surface area contributed by atoms with Crippen molar-refractivity contribution in [3.8, 4) is 6.07 Å². The summed E-state index contributed by atoms with van der Waals surface area (Å²) in [6, 6.07) is 3.14. The Labute approximate surface area is 117 Å². The molecule has 0 saturated heterocycles. The Bertz CT molecular complexity index is 523. The molecule has 1 heterocycles. The van der Waals surface area contributed by atoms with Gasteiger partial charge in [0.25, 0.3) is 5.69 Å². The SMILES string of the molecule is COCCC(C)(C)CNc1ncc([N+](=O)[O-])cc1C#N. The Morgan fingerprint density at radius 3 is 2.85 bits per heavy atom. The molecular weight excluding hydrogens is 260 g/mol. The van der Waals surface area contributed by atoms with Crippen LogP contribution in [0.4, 0.5) is 11.5 Å². The zero-order chi connectivity index (χ0) is 15.2. The summed E-state index contributed by atoms with van der Waals surface area (Å²) in [7, 11) is 1.65. The van der Waals surface area contributed by atoms with E-state index in [1.165, 1.54) is 6.07 Å². The van der Waals surface area contributed by atoms with E-state index >= 15 is 0 Å². The fourth-order valence-corrected chi connectivity index (χ4v) is 1.57. The Hall–Kier alpha value is -2.20. The number of hydrogen-bond acceptors (Lipinski definition) is 6. The first kappa shape index (κ1) is 15.9. The van der Waals surface area contributed by atoms with Crippen molar-refractivity contribution in [3.63, 3.8) is 0 Å². The number of rotatable bonds is 7. The molecule has 0 amide bonds. The van der Waals surface area contributed by atoms with Crippen LogP contribution in [-0.4, -0.2) is 30.2 Å². The van der Waals surface area contributed by atoms with Gasteiger partial charge in [0.1, 0.15) is 23.6 Å². The first-order valence-corrected chi connectivity index (χ1v) is 6.17. The second-order valence-electron chi connectivity index (χ2n) is 5.22. The van der Waals surface area contributed by atoms with Gasteiger partial charge in [0.05, 0.1) is 4.92 Å². The van der Waals surface area contributed by atoms with Crippen molar-refractivity contribution in [2.75, 3.05) is 25.6 Å². The van der Waals surface area contributed by atoms with Gasteiger partial charge in [-0.25, -0.2) is 4.98 Å². The van der Waals surface area contributed by atoms with Gasteiger partial charge in [-0.05, 0) is 11.8 Å². The smallest absolute Gasteiger partial charge is 0.289 e. The van der Waals surface area contributed by atoms with Crippen molar-refractivity contribution in [1.29, 1.82) is 5.26 Å². The first-order valence-electron chi connectivity index (χ1n) is 6.17. The highest BCUT2D eigenvalue weighted by molar-refractivity contribution is 5.55. The molecule has 1 N–H and O–H groups in total. The largest absolute Gasteiger partial charge is 0.385 e. The van der Waals surface area contributed by atoms with E-state index < -0.39 is 4.92 Å². The summed E-state index contributed by atoms with van der Waals surface area (Å²) in [5.74, 6) is 0.364. The van der Waals surface area contributed by atoms with Gasteiger partial charge in [-0.2, -0.15) is 5.26 Å². The molecule has 20 heavy (non-hydrogen) atoms. The lowest BCUT2D eigenvalue weighted by atomic mass is 9.89. The van der Waals surface area contributed by atoms with Gasteiger partial charge < -0.3 is 10.1 Å². The average Bonchev–Trinajstić information content (AvgIpc) is 2.42. The summed E-state index contributed by atoms with van der Waals surface area (Å²) < 4.78 is 5.05. The number of ether oxygens (including phenoxy) is 1. The standard InChI is InChI=1S/C13H18N4O3/c1-13(2,4-5-20-3)9-16-12-10(7-14)6-11(8-15-12)17(18)19/h6,8H,4-5,9H2,1-3H3,(H,15,16). The molecule has 0 saturated carbocycles. The molecule has 1 aromatic heterocycles. The maximum absolute atomic E-state index is 10.6. The fraction of sp³-hybridized carbons (Fsp3) is 0.538. The number of methoxy groups -OCH3 is 1. The zero-order valence-electron chi connectivity index (χ0n) is 11.8. The van der Waals surface area contributed by atoms with Crippen LogP contribution in [0.3, 0.4) is 0 Å². The predicted octanol–water partition coefficient (Wildman–Crippen LogP) is 2.34. The van der Waals surface area contributed by atoms with Crippen molar-refractivity contribution in [2.24, 2.45) is 5.41 Å². The van der Waals surface area contributed by atoms with E-state index in [4.69, 9.17) is 10.00 Å². The van der Waals surface area contributed by atoms with Gasteiger partial charge in [-0.15, -0.1) is 0 Å². The molecule has 0 aliphatic rings. The summed E-state index contributed by atoms with van der Waals surface area (Å²) >= 11 is 0. The third kappa shape index (κ3) is 4.48. The number of nitrogens with one attached hydrogen (secondary N) is 1. The van der Waals surface area contributed by atoms with E-state index in [2.05, 4.69) is 24.1 Å². The highest BCUT2D eigenvalue weighted by Crippen LogP contribution is 2.23. The summed E-state index contributed by atoms with van der Waals surface area (Å²) in [6.07, 6.45) is 2.00. The van der Waals surface area contributed by atoms with Gasteiger partial charge >= 0.3 is 0 Å². The molecule has 0 unspecified atom stereocenters. The van der Waals surface area contributed by atoms with Crippen LogP contribution in [0.15, 0.2) is 12.3 Å². The van der Waals surface area contributed by atoms with E-state index in [1.54, 1.807) is 7.11 Å². The molecule has 0 aromatic carbocycles. The molecule has 0 atom stereocenters. The monoisotopic (exact) mass is 278 g/mol. The minimum atomic E-state index is -0.569. The Morgan fingerprint density at radius 2 is 2.30 bits per heavy atom. The highest BCUT2D eigenvalue weighted by atomic mass is 16.6. The van der Waals surface area contributed by atoms with Crippen LogP contribution in [0.1, 0.15) is 25.8 Å². The lowest BCUT2D eigenvalue weighted by Gasteiger charge is -2.25. The summed E-state index contributed by atoms with van der Waals surface area (Å²) in [4.78, 5) is 14.0. The van der Waals surface area contributed by atoms with Crippen molar-refractivity contribution >= 4 is 11.5 Å². The van der Waals surface area contributed by atoms with E-state index in [0.717, 1.165) is 12.6 Å². The second kappa shape index (κ2) is 6.82. The molecule has 0 aliphatic heterocycles. The summed E-state index contributed by atoms with van der Waals surface area (Å²) in [6.45, 7) is 5.37. The molecule has 108 valence electrons. The highest BCUT2D eigenvalue weighted by Gasteiger charge is 2.19. The Balaban J connectivity index is 2.78. The van der Waals surface area contributed by atoms with Crippen LogP contribution in [0, 0.1) is 26.9 Å². The second-order valence-corrected chi connectivity index (χ2v) is 5.22. The van der Waals surface area contributed by atoms with E-state index in [9.17, 15) is 10.1 Å². The van der Waals surface area contributed by atoms with Crippen LogP contribution >= 0.6 is 0 Å². The summed E-state index contributed by atoms with van der Waals surface area (Å²) in [5.41, 5.74) is -0.0564. The third-order valence-corrected chi connectivity index (χ3v) is 2.92. The minimum absolute atomic E-state index is 0.0355. The molecule has 0 radical (unpaired) electrons. The fourth-order valence-electron chi connectivity index (χ4n) is 1.57. The lowest BCUT2D eigenvalue weighted by Crippen LogP contribution is -2.25. The maximum atomic E-state index is 10.6. The normalized spacial score (nSPS) is 10.9. The van der Waals surface area contributed by atoms with Gasteiger partial charge in [-0.1, -0.05) is 13.8 Å². The lowest BCUT2D eigenvalue weighted by molar-refractivity contribution is -0.385. The minimum Gasteiger partial charge on any atom is -0.385 e. The number of nitro groups is 1. The Kier molecular flexibility index (Phi) is 5.41. The van der Waals surface area contributed by atoms with Crippen LogP contribution < -0.4 is 5.32 Å². The van der Waals surface area contributed by atoms with Crippen LogP contribution in [0.25, 0.3) is 0 Å². The molecule has 0 bridgehead atoms. The molecule has 7 heteroatoms. The molecule has 1 rings (SSSR count). The summed E-state index contributed by atoms with van der Waals surface area (Å²) in [5, 5.41) is 22.7. The Morgan fingerprint density at radius 1 is 1.60 bits per heavy atom. The van der Waals surface area contributed by atoms with Crippen LogP contribution in [-0.2, 0) is 4.74 Å². The first-order chi connectivity index (χ1) is 9.39. The molecular formula is C13H18N4O3. The third-order valence-electron chi connectivity index (χ3n) is 2.92. The van der Waals surface area contributed by atoms with Crippen molar-refractivity contribution in [3.05, 3.63) is 27.9 Å². The molecule has 0 aliphatic carbocycles. The number of hydrogen-bond donors (Lipinski definition) is 1. The van der Waals surface area contributed by atoms with E-state index in [1.807, 2.05) is 6.07 Å². The van der Waals surface area contributed by atoms with Gasteiger partial charge in [0.2, 0.25) is 0 Å². The van der Waals surface area contributed by atoms with Crippen LogP contribution in [0.2, 0.25) is 0 Å². The predicted molar refractivity (Wildman–Crippen MR) is 74.4 cm³/mol. The van der Waals surface area contributed by atoms with Gasteiger partial charge in [0.15, 0.2) is 0 Å².